The van der Waals surface area contributed by atoms with E-state index in [0.29, 0.717) is 6.54 Å². The third-order valence-electron chi connectivity index (χ3n) is 3.12. The second-order valence-electron chi connectivity index (χ2n) is 4.93. The van der Waals surface area contributed by atoms with Crippen LogP contribution in [-0.4, -0.2) is 22.6 Å². The molecule has 0 amide bonds. The summed E-state index contributed by atoms with van der Waals surface area (Å²) in [5.41, 5.74) is 2.03. The molecule has 0 aliphatic rings. The van der Waals surface area contributed by atoms with Crippen LogP contribution in [0.3, 0.4) is 0 Å². The predicted molar refractivity (Wildman–Crippen MR) is 89.1 cm³/mol. The van der Waals surface area contributed by atoms with Crippen molar-refractivity contribution in [1.82, 2.24) is 20.8 Å². The summed E-state index contributed by atoms with van der Waals surface area (Å²) < 4.78 is 5.25. The van der Waals surface area contributed by atoms with Crippen LogP contribution in [0.25, 0.3) is 0 Å². The van der Waals surface area contributed by atoms with Crippen molar-refractivity contribution in [2.24, 2.45) is 4.99 Å². The number of nitrogens with zero attached hydrogens (tertiary/aromatic N) is 3. The number of guanidine groups is 1. The van der Waals surface area contributed by atoms with E-state index in [1.165, 1.54) is 4.88 Å². The quantitative estimate of drug-likeness (QED) is 0.632. The number of nitrogens with one attached hydrogen (secondary N) is 2. The van der Waals surface area contributed by atoms with E-state index < -0.39 is 0 Å². The zero-order valence-electron chi connectivity index (χ0n) is 13.6. The molecule has 2 N–H and O–H groups in total. The lowest BCUT2D eigenvalue weighted by Gasteiger charge is -2.10. The normalized spacial score (nSPS) is 11.7. The minimum absolute atomic E-state index is 0.475. The Morgan fingerprint density at radius 1 is 1.32 bits per heavy atom. The van der Waals surface area contributed by atoms with Crippen LogP contribution in [-0.2, 0) is 19.5 Å². The van der Waals surface area contributed by atoms with Gasteiger partial charge in [0.25, 0.3) is 0 Å². The molecule has 0 unspecified atom stereocenters. The first-order valence-electron chi connectivity index (χ1n) is 7.51. The summed E-state index contributed by atoms with van der Waals surface area (Å²) in [4.78, 5) is 10.2. The van der Waals surface area contributed by atoms with Crippen molar-refractivity contribution >= 4 is 17.3 Å². The van der Waals surface area contributed by atoms with Crippen molar-refractivity contribution in [1.29, 1.82) is 0 Å². The molecule has 7 heteroatoms. The Balaban J connectivity index is 1.96. The van der Waals surface area contributed by atoms with E-state index in [1.54, 1.807) is 11.3 Å². The van der Waals surface area contributed by atoms with Crippen LogP contribution < -0.4 is 10.6 Å². The maximum absolute atomic E-state index is 5.25. The van der Waals surface area contributed by atoms with Crippen molar-refractivity contribution in [3.63, 3.8) is 0 Å². The molecule has 0 aromatic carbocycles. The minimum atomic E-state index is 0.475. The molecule has 0 fully saturated rings. The molecule has 22 heavy (non-hydrogen) atoms. The molecule has 6 nitrogen and oxygen atoms in total. The standard InChI is InChI=1S/C15H23N5OS/c1-5-12-7-13(21-20-12)8-17-15(16-6-2)18-9-14-10(3)19-11(4)22-14/h7H,5-6,8-9H2,1-4H3,(H2,16,17,18). The molecule has 0 atom stereocenters. The molecule has 2 aromatic heterocycles. The first-order chi connectivity index (χ1) is 10.6. The van der Waals surface area contributed by atoms with Crippen LogP contribution in [0.2, 0.25) is 0 Å². The van der Waals surface area contributed by atoms with Gasteiger partial charge in [0.1, 0.15) is 6.54 Å². The van der Waals surface area contributed by atoms with E-state index in [2.05, 4.69) is 32.7 Å². The Bertz CT molecular complexity index is 632. The Labute approximate surface area is 135 Å². The van der Waals surface area contributed by atoms with Gasteiger partial charge in [-0.25, -0.2) is 9.98 Å². The number of hydrogen-bond acceptors (Lipinski definition) is 5. The smallest absolute Gasteiger partial charge is 0.191 e. The number of aliphatic imine (C=N–C) groups is 1. The van der Waals surface area contributed by atoms with E-state index in [-0.39, 0.29) is 0 Å². The summed E-state index contributed by atoms with van der Waals surface area (Å²) in [5.74, 6) is 1.54. The summed E-state index contributed by atoms with van der Waals surface area (Å²) in [5, 5.41) is 11.6. The first-order valence-corrected chi connectivity index (χ1v) is 8.33. The van der Waals surface area contributed by atoms with Gasteiger partial charge >= 0.3 is 0 Å². The van der Waals surface area contributed by atoms with Crippen LogP contribution in [0.4, 0.5) is 0 Å². The fourth-order valence-electron chi connectivity index (χ4n) is 2.00. The second-order valence-corrected chi connectivity index (χ2v) is 6.22. The van der Waals surface area contributed by atoms with E-state index in [9.17, 15) is 0 Å². The van der Waals surface area contributed by atoms with Gasteiger partial charge in [0, 0.05) is 17.5 Å². The fourth-order valence-corrected chi connectivity index (χ4v) is 2.87. The van der Waals surface area contributed by atoms with Gasteiger partial charge in [0.05, 0.1) is 22.9 Å². The zero-order chi connectivity index (χ0) is 15.9. The number of thiazole rings is 1. The third kappa shape index (κ3) is 4.56. The monoisotopic (exact) mass is 321 g/mol. The second kappa shape index (κ2) is 7.93. The molecule has 0 radical (unpaired) electrons. The van der Waals surface area contributed by atoms with E-state index >= 15 is 0 Å². The molecule has 0 spiro atoms. The summed E-state index contributed by atoms with van der Waals surface area (Å²) in [6.45, 7) is 10.2. The van der Waals surface area contributed by atoms with Crippen LogP contribution in [0.15, 0.2) is 15.6 Å². The predicted octanol–water partition coefficient (Wildman–Crippen LogP) is 2.57. The minimum Gasteiger partial charge on any atom is -0.359 e. The maximum Gasteiger partial charge on any atom is 0.191 e. The van der Waals surface area contributed by atoms with E-state index in [0.717, 1.165) is 47.6 Å². The molecule has 0 aliphatic carbocycles. The lowest BCUT2D eigenvalue weighted by molar-refractivity contribution is 0.379. The molecule has 120 valence electrons. The molecule has 0 saturated carbocycles. The van der Waals surface area contributed by atoms with Gasteiger partial charge in [0.2, 0.25) is 0 Å². The van der Waals surface area contributed by atoms with Crippen molar-refractivity contribution in [3.8, 4) is 0 Å². The van der Waals surface area contributed by atoms with Gasteiger partial charge in [-0.3, -0.25) is 0 Å². The summed E-state index contributed by atoms with van der Waals surface area (Å²) in [6.07, 6.45) is 0.871. The molecule has 2 aromatic rings. The first kappa shape index (κ1) is 16.5. The number of aryl methyl sites for hydroxylation is 3. The van der Waals surface area contributed by atoms with Crippen molar-refractivity contribution in [2.45, 2.75) is 47.2 Å². The lowest BCUT2D eigenvalue weighted by Crippen LogP contribution is -2.36. The van der Waals surface area contributed by atoms with Gasteiger partial charge in [-0.2, -0.15) is 0 Å². The van der Waals surface area contributed by atoms with Crippen LogP contribution in [0, 0.1) is 13.8 Å². The van der Waals surface area contributed by atoms with E-state index in [1.807, 2.05) is 26.8 Å². The maximum atomic E-state index is 5.25. The SMILES string of the molecule is CCNC(=NCc1cc(CC)no1)NCc1sc(C)nc1C. The van der Waals surface area contributed by atoms with E-state index in [4.69, 9.17) is 4.52 Å². The summed E-state index contributed by atoms with van der Waals surface area (Å²) in [6, 6.07) is 1.95. The average molecular weight is 321 g/mol. The average Bonchev–Trinajstić information content (AvgIpc) is 3.08. The van der Waals surface area contributed by atoms with Gasteiger partial charge in [0.15, 0.2) is 11.7 Å². The zero-order valence-corrected chi connectivity index (χ0v) is 14.4. The Morgan fingerprint density at radius 2 is 2.14 bits per heavy atom. The molecule has 2 rings (SSSR count). The van der Waals surface area contributed by atoms with Crippen LogP contribution in [0.1, 0.15) is 40.9 Å². The van der Waals surface area contributed by atoms with Crippen molar-refractivity contribution in [2.75, 3.05) is 6.54 Å². The van der Waals surface area contributed by atoms with Gasteiger partial charge in [-0.15, -0.1) is 11.3 Å². The molecular formula is C15H23N5OS. The Morgan fingerprint density at radius 3 is 2.73 bits per heavy atom. The highest BCUT2D eigenvalue weighted by molar-refractivity contribution is 7.11. The summed E-state index contributed by atoms with van der Waals surface area (Å²) >= 11 is 1.71. The van der Waals surface area contributed by atoms with Crippen LogP contribution in [0.5, 0.6) is 0 Å². The highest BCUT2D eigenvalue weighted by Crippen LogP contribution is 2.16. The molecular weight excluding hydrogens is 298 g/mol. The van der Waals surface area contributed by atoms with Gasteiger partial charge < -0.3 is 15.2 Å². The lowest BCUT2D eigenvalue weighted by atomic mass is 10.3. The number of rotatable bonds is 6. The third-order valence-corrected chi connectivity index (χ3v) is 4.20. The highest BCUT2D eigenvalue weighted by atomic mass is 32.1. The largest absolute Gasteiger partial charge is 0.359 e. The highest BCUT2D eigenvalue weighted by Gasteiger charge is 2.06. The fraction of sp³-hybridized carbons (Fsp3) is 0.533. The Hall–Kier alpha value is -1.89. The number of aromatic nitrogens is 2. The van der Waals surface area contributed by atoms with Gasteiger partial charge in [-0.05, 0) is 27.2 Å². The summed E-state index contributed by atoms with van der Waals surface area (Å²) in [7, 11) is 0. The van der Waals surface area contributed by atoms with Crippen LogP contribution >= 0.6 is 11.3 Å². The number of hydrogen-bond donors (Lipinski definition) is 2. The topological polar surface area (TPSA) is 75.3 Å². The van der Waals surface area contributed by atoms with Crippen molar-refractivity contribution in [3.05, 3.63) is 33.1 Å². The van der Waals surface area contributed by atoms with Gasteiger partial charge in [-0.1, -0.05) is 12.1 Å². The molecule has 2 heterocycles. The molecule has 0 saturated heterocycles. The molecule has 0 aliphatic heterocycles. The Kier molecular flexibility index (Phi) is 5.94. The molecule has 0 bridgehead atoms. The van der Waals surface area contributed by atoms with Crippen molar-refractivity contribution < 1.29 is 4.52 Å².